The average Bonchev–Trinajstić information content (AvgIpc) is 2.74. The summed E-state index contributed by atoms with van der Waals surface area (Å²) in [7, 11) is 0. The fraction of sp³-hybridized carbons (Fsp3) is 0.600. The van der Waals surface area contributed by atoms with Crippen LogP contribution in [0.1, 0.15) is 23.2 Å². The molecule has 2 fully saturated rings. The van der Waals surface area contributed by atoms with Crippen molar-refractivity contribution in [3.63, 3.8) is 0 Å². The van der Waals surface area contributed by atoms with E-state index in [1.54, 1.807) is 12.1 Å². The van der Waals surface area contributed by atoms with E-state index < -0.39 is 0 Å². The zero-order valence-electron chi connectivity index (χ0n) is 15.8. The highest BCUT2D eigenvalue weighted by atomic mass is 16.5. The molecule has 1 aromatic carbocycles. The van der Waals surface area contributed by atoms with Crippen LogP contribution in [0, 0.1) is 0 Å². The number of nitrogens with zero attached hydrogens (tertiary/aromatic N) is 2. The Balaban J connectivity index is 1.55. The highest BCUT2D eigenvalue weighted by Crippen LogP contribution is 2.15. The lowest BCUT2D eigenvalue weighted by Gasteiger charge is -2.36. The van der Waals surface area contributed by atoms with E-state index in [0.29, 0.717) is 25.3 Å². The van der Waals surface area contributed by atoms with Crippen LogP contribution >= 0.6 is 0 Å². The minimum absolute atomic E-state index is 0.0220. The summed E-state index contributed by atoms with van der Waals surface area (Å²) in [6, 6.07) is 9.16. The summed E-state index contributed by atoms with van der Waals surface area (Å²) in [5.74, 6) is -0.247. The van der Waals surface area contributed by atoms with Crippen LogP contribution in [0.4, 0.5) is 0 Å². The van der Waals surface area contributed by atoms with Crippen LogP contribution < -0.4 is 5.32 Å². The van der Waals surface area contributed by atoms with Crippen molar-refractivity contribution in [1.29, 1.82) is 0 Å². The molecular formula is C20H29N3O4. The van der Waals surface area contributed by atoms with Crippen molar-refractivity contribution in [3.05, 3.63) is 35.9 Å². The summed E-state index contributed by atoms with van der Waals surface area (Å²) >= 11 is 0. The first-order valence-electron chi connectivity index (χ1n) is 9.74. The summed E-state index contributed by atoms with van der Waals surface area (Å²) in [5, 5.41) is 2.76. The summed E-state index contributed by atoms with van der Waals surface area (Å²) in [5.41, 5.74) is 0.566. The predicted molar refractivity (Wildman–Crippen MR) is 102 cm³/mol. The van der Waals surface area contributed by atoms with Crippen LogP contribution in [0.25, 0.3) is 0 Å². The Morgan fingerprint density at radius 2 is 1.70 bits per heavy atom. The number of carbonyl (C=O) groups is 2. The molecule has 1 aromatic rings. The van der Waals surface area contributed by atoms with Crippen molar-refractivity contribution >= 4 is 11.8 Å². The van der Waals surface area contributed by atoms with Gasteiger partial charge in [-0.05, 0) is 25.0 Å². The molecule has 7 nitrogen and oxygen atoms in total. The lowest BCUT2D eigenvalue weighted by Crippen LogP contribution is -2.51. The summed E-state index contributed by atoms with van der Waals surface area (Å²) < 4.78 is 10.8. The summed E-state index contributed by atoms with van der Waals surface area (Å²) in [6.07, 6.45) is 1.70. The van der Waals surface area contributed by atoms with Crippen molar-refractivity contribution in [2.45, 2.75) is 18.9 Å². The van der Waals surface area contributed by atoms with Gasteiger partial charge in [-0.2, -0.15) is 0 Å². The Bertz CT molecular complexity index is 599. The average molecular weight is 375 g/mol. The van der Waals surface area contributed by atoms with E-state index in [2.05, 4.69) is 10.2 Å². The molecule has 0 unspecified atom stereocenters. The largest absolute Gasteiger partial charge is 0.381 e. The number of rotatable bonds is 7. The van der Waals surface area contributed by atoms with Crippen LogP contribution in [-0.4, -0.2) is 86.8 Å². The number of carbonyl (C=O) groups excluding carboxylic acids is 2. The van der Waals surface area contributed by atoms with Gasteiger partial charge in [0.15, 0.2) is 0 Å². The maximum atomic E-state index is 12.9. The second-order valence-electron chi connectivity index (χ2n) is 6.93. The number of nitrogens with one attached hydrogen (secondary N) is 1. The molecule has 3 rings (SSSR count). The minimum atomic E-state index is -0.218. The van der Waals surface area contributed by atoms with Crippen molar-refractivity contribution in [2.24, 2.45) is 0 Å². The molecule has 2 saturated heterocycles. The molecule has 0 spiro atoms. The van der Waals surface area contributed by atoms with Gasteiger partial charge in [0.25, 0.3) is 5.91 Å². The van der Waals surface area contributed by atoms with Gasteiger partial charge in [0.05, 0.1) is 19.8 Å². The van der Waals surface area contributed by atoms with Gasteiger partial charge in [-0.3, -0.25) is 14.5 Å². The third kappa shape index (κ3) is 6.02. The van der Waals surface area contributed by atoms with Crippen molar-refractivity contribution in [3.8, 4) is 0 Å². The molecule has 0 aromatic heterocycles. The quantitative estimate of drug-likeness (QED) is 0.762. The maximum absolute atomic E-state index is 12.9. The molecular weight excluding hydrogens is 346 g/mol. The molecule has 2 amide bonds. The molecule has 148 valence electrons. The van der Waals surface area contributed by atoms with E-state index >= 15 is 0 Å². The highest BCUT2D eigenvalue weighted by molar-refractivity contribution is 5.96. The fourth-order valence-corrected chi connectivity index (χ4v) is 3.53. The Hall–Kier alpha value is -1.96. The van der Waals surface area contributed by atoms with Gasteiger partial charge in [0, 0.05) is 51.0 Å². The predicted octanol–water partition coefficient (Wildman–Crippen LogP) is 0.756. The number of benzene rings is 1. The first kappa shape index (κ1) is 19.8. The van der Waals surface area contributed by atoms with Crippen LogP contribution in [0.5, 0.6) is 0 Å². The minimum Gasteiger partial charge on any atom is -0.381 e. The number of morpholine rings is 1. The summed E-state index contributed by atoms with van der Waals surface area (Å²) in [4.78, 5) is 29.4. The molecule has 2 aliphatic rings. The first-order chi connectivity index (χ1) is 13.2. The topological polar surface area (TPSA) is 71.1 Å². The van der Waals surface area contributed by atoms with Gasteiger partial charge in [0.2, 0.25) is 5.91 Å². The molecule has 0 saturated carbocycles. The van der Waals surface area contributed by atoms with Crippen molar-refractivity contribution < 1.29 is 19.1 Å². The van der Waals surface area contributed by atoms with Crippen molar-refractivity contribution in [1.82, 2.24) is 15.1 Å². The van der Waals surface area contributed by atoms with E-state index in [0.717, 1.165) is 45.7 Å². The molecule has 7 heteroatoms. The molecule has 1 N–H and O–H groups in total. The molecule has 0 bridgehead atoms. The lowest BCUT2D eigenvalue weighted by atomic mass is 10.1. The fourth-order valence-electron chi connectivity index (χ4n) is 3.53. The Labute approximate surface area is 160 Å². The number of hydrogen-bond acceptors (Lipinski definition) is 5. The molecule has 0 atom stereocenters. The lowest BCUT2D eigenvalue weighted by molar-refractivity contribution is -0.134. The number of ether oxygens (including phenoxy) is 2. The van der Waals surface area contributed by atoms with E-state index in [1.807, 2.05) is 23.1 Å². The van der Waals surface area contributed by atoms with Gasteiger partial charge >= 0.3 is 0 Å². The molecule has 27 heavy (non-hydrogen) atoms. The van der Waals surface area contributed by atoms with Gasteiger partial charge < -0.3 is 19.7 Å². The molecule has 2 aliphatic heterocycles. The summed E-state index contributed by atoms with van der Waals surface area (Å²) in [6.45, 7) is 6.19. The van der Waals surface area contributed by atoms with Gasteiger partial charge in [-0.15, -0.1) is 0 Å². The maximum Gasteiger partial charge on any atom is 0.251 e. The van der Waals surface area contributed by atoms with Crippen LogP contribution in [0.15, 0.2) is 30.3 Å². The Morgan fingerprint density at radius 3 is 2.41 bits per heavy atom. The second-order valence-corrected chi connectivity index (χ2v) is 6.93. The molecule has 0 aliphatic carbocycles. The molecule has 0 radical (unpaired) electrons. The third-order valence-corrected chi connectivity index (χ3v) is 5.15. The van der Waals surface area contributed by atoms with Gasteiger partial charge in [-0.25, -0.2) is 0 Å². The Morgan fingerprint density at radius 1 is 1.04 bits per heavy atom. The Kier molecular flexibility index (Phi) is 7.62. The monoisotopic (exact) mass is 375 g/mol. The third-order valence-electron chi connectivity index (χ3n) is 5.15. The van der Waals surface area contributed by atoms with Crippen molar-refractivity contribution in [2.75, 3.05) is 59.2 Å². The zero-order valence-corrected chi connectivity index (χ0v) is 15.8. The molecule has 2 heterocycles. The highest BCUT2D eigenvalue weighted by Gasteiger charge is 2.26. The van der Waals surface area contributed by atoms with Crippen LogP contribution in [0.3, 0.4) is 0 Å². The van der Waals surface area contributed by atoms with Crippen LogP contribution in [-0.2, 0) is 14.3 Å². The van der Waals surface area contributed by atoms with E-state index in [4.69, 9.17) is 9.47 Å². The second kappa shape index (κ2) is 10.4. The van der Waals surface area contributed by atoms with E-state index in [-0.39, 0.29) is 24.4 Å². The SMILES string of the molecule is O=C(NCC(=O)N(CCN1CCOCC1)C1CCOCC1)c1ccccc1. The standard InChI is InChI=1S/C20H29N3O4/c24-19(16-21-20(25)17-4-2-1-3-5-17)23(18-6-12-26-13-7-18)9-8-22-10-14-27-15-11-22/h1-5,18H,6-16H2,(H,21,25). The zero-order chi connectivity index (χ0) is 18.9. The number of amides is 2. The van der Waals surface area contributed by atoms with Crippen LogP contribution in [0.2, 0.25) is 0 Å². The first-order valence-corrected chi connectivity index (χ1v) is 9.74. The number of hydrogen-bond donors (Lipinski definition) is 1. The smallest absolute Gasteiger partial charge is 0.251 e. The van der Waals surface area contributed by atoms with Gasteiger partial charge in [-0.1, -0.05) is 18.2 Å². The van der Waals surface area contributed by atoms with E-state index in [9.17, 15) is 9.59 Å². The normalized spacial score (nSPS) is 18.8. The van der Waals surface area contributed by atoms with Gasteiger partial charge in [0.1, 0.15) is 0 Å². The van der Waals surface area contributed by atoms with E-state index in [1.165, 1.54) is 0 Å².